The quantitative estimate of drug-likeness (QED) is 0.538. The highest BCUT2D eigenvalue weighted by Crippen LogP contribution is 2.28. The maximum atomic E-state index is 12.6. The van der Waals surface area contributed by atoms with Gasteiger partial charge < -0.3 is 25.7 Å². The number of nitrogens with zero attached hydrogens (tertiary/aromatic N) is 6. The molecule has 3 heterocycles. The van der Waals surface area contributed by atoms with Gasteiger partial charge in [-0.05, 0) is 26.7 Å². The fraction of sp³-hybridized carbons (Fsp3) is 0.500. The fourth-order valence-electron chi connectivity index (χ4n) is 3.47. The lowest BCUT2D eigenvalue weighted by Crippen LogP contribution is -2.40. The highest BCUT2D eigenvalue weighted by atomic mass is 16.5. The molecule has 0 unspecified atom stereocenters. The van der Waals surface area contributed by atoms with Gasteiger partial charge in [-0.25, -0.2) is 9.67 Å². The number of nitrogens with one attached hydrogen (secondary N) is 2. The van der Waals surface area contributed by atoms with Crippen LogP contribution >= 0.6 is 0 Å². The van der Waals surface area contributed by atoms with E-state index in [4.69, 9.17) is 10.5 Å². The summed E-state index contributed by atoms with van der Waals surface area (Å²) in [5, 5.41) is 10.6. The number of carbonyl (C=O) groups excluding carboxylic acids is 1. The standard InChI is InChI=1S/C18H25N9O2/c1-4-27-13(5-10(2)25-27)22-14(28)8-26-9-20-15-16(23-18(19)24-17(15)26)21-11-6-12(7-11)29-3/h5,9,11-12H,4,6-8H2,1-3H3,(H,22,28)(H3,19,21,23,24). The topological polar surface area (TPSA) is 138 Å². The number of nitrogens with two attached hydrogens (primary N) is 1. The smallest absolute Gasteiger partial charge is 0.245 e. The third-order valence-electron chi connectivity index (χ3n) is 5.03. The van der Waals surface area contributed by atoms with Crippen molar-refractivity contribution in [3.8, 4) is 0 Å². The van der Waals surface area contributed by atoms with Crippen LogP contribution in [0.4, 0.5) is 17.6 Å². The number of hydrogen-bond acceptors (Lipinski definition) is 8. The van der Waals surface area contributed by atoms with Gasteiger partial charge in [0.15, 0.2) is 17.0 Å². The number of ether oxygens (including phenoxy) is 1. The second-order valence-electron chi connectivity index (χ2n) is 7.18. The van der Waals surface area contributed by atoms with Crippen molar-refractivity contribution in [3.63, 3.8) is 0 Å². The van der Waals surface area contributed by atoms with Crippen LogP contribution in [0.2, 0.25) is 0 Å². The van der Waals surface area contributed by atoms with E-state index in [9.17, 15) is 4.79 Å². The number of anilines is 3. The van der Waals surface area contributed by atoms with Crippen molar-refractivity contribution in [1.29, 1.82) is 0 Å². The summed E-state index contributed by atoms with van der Waals surface area (Å²) in [5.74, 6) is 1.16. The number of rotatable bonds is 7. The molecule has 0 atom stereocenters. The summed E-state index contributed by atoms with van der Waals surface area (Å²) in [4.78, 5) is 25.5. The van der Waals surface area contributed by atoms with Crippen LogP contribution in [0.15, 0.2) is 12.4 Å². The first-order chi connectivity index (χ1) is 14.0. The van der Waals surface area contributed by atoms with Gasteiger partial charge in [-0.2, -0.15) is 15.1 Å². The molecule has 0 aliphatic heterocycles. The third-order valence-corrected chi connectivity index (χ3v) is 5.03. The summed E-state index contributed by atoms with van der Waals surface area (Å²) in [6.45, 7) is 4.57. The Hall–Kier alpha value is -3.21. The minimum atomic E-state index is -0.201. The fourth-order valence-corrected chi connectivity index (χ4v) is 3.47. The van der Waals surface area contributed by atoms with Crippen LogP contribution in [-0.4, -0.2) is 54.5 Å². The van der Waals surface area contributed by atoms with Crippen molar-refractivity contribution in [3.05, 3.63) is 18.1 Å². The molecule has 11 heteroatoms. The molecule has 4 rings (SSSR count). The van der Waals surface area contributed by atoms with Gasteiger partial charge in [-0.1, -0.05) is 0 Å². The first-order valence-corrected chi connectivity index (χ1v) is 9.58. The van der Waals surface area contributed by atoms with Gasteiger partial charge in [-0.3, -0.25) is 4.79 Å². The maximum Gasteiger partial charge on any atom is 0.245 e. The molecular formula is C18H25N9O2. The first-order valence-electron chi connectivity index (χ1n) is 9.58. The summed E-state index contributed by atoms with van der Waals surface area (Å²) in [5.41, 5.74) is 7.84. The van der Waals surface area contributed by atoms with Crippen molar-refractivity contribution >= 4 is 34.7 Å². The van der Waals surface area contributed by atoms with E-state index in [0.29, 0.717) is 29.3 Å². The Kier molecular flexibility index (Phi) is 5.05. The van der Waals surface area contributed by atoms with Crippen LogP contribution in [0.3, 0.4) is 0 Å². The van der Waals surface area contributed by atoms with Crippen LogP contribution < -0.4 is 16.4 Å². The zero-order chi connectivity index (χ0) is 20.5. The summed E-state index contributed by atoms with van der Waals surface area (Å²) in [6, 6.07) is 2.09. The van der Waals surface area contributed by atoms with Gasteiger partial charge in [0, 0.05) is 25.8 Å². The van der Waals surface area contributed by atoms with Gasteiger partial charge in [0.25, 0.3) is 0 Å². The molecule has 1 amide bonds. The van der Waals surface area contributed by atoms with Crippen molar-refractivity contribution < 1.29 is 9.53 Å². The Morgan fingerprint density at radius 3 is 2.90 bits per heavy atom. The lowest BCUT2D eigenvalue weighted by molar-refractivity contribution is -0.116. The van der Waals surface area contributed by atoms with E-state index in [0.717, 1.165) is 18.5 Å². The van der Waals surface area contributed by atoms with Gasteiger partial charge in [0.1, 0.15) is 12.4 Å². The summed E-state index contributed by atoms with van der Waals surface area (Å²) >= 11 is 0. The number of aryl methyl sites for hydroxylation is 2. The van der Waals surface area contributed by atoms with Crippen LogP contribution in [-0.2, 0) is 22.6 Å². The Morgan fingerprint density at radius 2 is 2.17 bits per heavy atom. The molecule has 1 fully saturated rings. The lowest BCUT2D eigenvalue weighted by atomic mass is 9.89. The molecule has 0 bridgehead atoms. The van der Waals surface area contributed by atoms with E-state index in [2.05, 4.69) is 30.7 Å². The Morgan fingerprint density at radius 1 is 1.38 bits per heavy atom. The molecule has 4 N–H and O–H groups in total. The number of methoxy groups -OCH3 is 1. The molecule has 3 aromatic rings. The van der Waals surface area contributed by atoms with E-state index in [1.54, 1.807) is 22.7 Å². The molecule has 29 heavy (non-hydrogen) atoms. The van der Waals surface area contributed by atoms with Crippen LogP contribution in [0.5, 0.6) is 0 Å². The van der Waals surface area contributed by atoms with E-state index >= 15 is 0 Å². The number of imidazole rings is 1. The van der Waals surface area contributed by atoms with Crippen molar-refractivity contribution in [1.82, 2.24) is 29.3 Å². The first kappa shape index (κ1) is 19.1. The Bertz CT molecular complexity index is 1040. The highest BCUT2D eigenvalue weighted by molar-refractivity contribution is 5.91. The summed E-state index contributed by atoms with van der Waals surface area (Å²) in [6.07, 6.45) is 3.64. The second kappa shape index (κ2) is 7.66. The van der Waals surface area contributed by atoms with Crippen LogP contribution in [0, 0.1) is 6.92 Å². The molecule has 3 aromatic heterocycles. The van der Waals surface area contributed by atoms with Crippen molar-refractivity contribution in [2.45, 2.75) is 51.9 Å². The second-order valence-corrected chi connectivity index (χ2v) is 7.18. The predicted molar refractivity (Wildman–Crippen MR) is 108 cm³/mol. The third kappa shape index (κ3) is 3.86. The maximum absolute atomic E-state index is 12.6. The minimum Gasteiger partial charge on any atom is -0.381 e. The molecule has 0 spiro atoms. The SMILES string of the molecule is CCn1nc(C)cc1NC(=O)Cn1cnc2c(NC3CC(OC)C3)nc(N)nc21. The van der Waals surface area contributed by atoms with Crippen molar-refractivity contribution in [2.24, 2.45) is 0 Å². The molecule has 0 saturated heterocycles. The summed E-state index contributed by atoms with van der Waals surface area (Å²) in [7, 11) is 1.71. The number of nitrogen functional groups attached to an aromatic ring is 1. The number of hydrogen-bond donors (Lipinski definition) is 3. The predicted octanol–water partition coefficient (Wildman–Crippen LogP) is 1.16. The number of aromatic nitrogens is 6. The molecular weight excluding hydrogens is 374 g/mol. The normalized spacial score (nSPS) is 18.6. The number of amides is 1. The Labute approximate surface area is 167 Å². The molecule has 1 aliphatic rings. The molecule has 154 valence electrons. The van der Waals surface area contributed by atoms with Crippen LogP contribution in [0.25, 0.3) is 11.2 Å². The zero-order valence-corrected chi connectivity index (χ0v) is 16.7. The van der Waals surface area contributed by atoms with Gasteiger partial charge >= 0.3 is 0 Å². The molecule has 1 aliphatic carbocycles. The zero-order valence-electron chi connectivity index (χ0n) is 16.7. The van der Waals surface area contributed by atoms with E-state index in [1.165, 1.54) is 0 Å². The monoisotopic (exact) mass is 399 g/mol. The van der Waals surface area contributed by atoms with E-state index in [1.807, 2.05) is 19.9 Å². The van der Waals surface area contributed by atoms with Crippen LogP contribution in [0.1, 0.15) is 25.5 Å². The molecule has 1 saturated carbocycles. The summed E-state index contributed by atoms with van der Waals surface area (Å²) < 4.78 is 8.71. The van der Waals surface area contributed by atoms with E-state index < -0.39 is 0 Å². The van der Waals surface area contributed by atoms with E-state index in [-0.39, 0.29) is 30.5 Å². The van der Waals surface area contributed by atoms with Gasteiger partial charge in [0.2, 0.25) is 11.9 Å². The van der Waals surface area contributed by atoms with Gasteiger partial charge in [-0.15, -0.1) is 0 Å². The average Bonchev–Trinajstić information content (AvgIpc) is 3.20. The molecule has 0 radical (unpaired) electrons. The molecule has 11 nitrogen and oxygen atoms in total. The molecule has 0 aromatic carbocycles. The Balaban J connectivity index is 1.51. The average molecular weight is 399 g/mol. The highest BCUT2D eigenvalue weighted by Gasteiger charge is 2.30. The number of carbonyl (C=O) groups is 1. The van der Waals surface area contributed by atoms with Crippen molar-refractivity contribution in [2.75, 3.05) is 23.5 Å². The largest absolute Gasteiger partial charge is 0.381 e. The van der Waals surface area contributed by atoms with Gasteiger partial charge in [0.05, 0.1) is 18.1 Å². The number of fused-ring (bicyclic) bond motifs is 1. The lowest BCUT2D eigenvalue weighted by Gasteiger charge is -2.34. The minimum absolute atomic E-state index is 0.0511.